The van der Waals surface area contributed by atoms with Crippen LogP contribution in [-0.4, -0.2) is 25.0 Å². The minimum atomic E-state index is 0.162. The normalized spacial score (nSPS) is 10.2. The van der Waals surface area contributed by atoms with Gasteiger partial charge in [-0.25, -0.2) is 15.0 Å². The number of nitrogens with zero attached hydrogens (tertiary/aromatic N) is 3. The molecule has 66 valence electrons. The quantitative estimate of drug-likeness (QED) is 0.554. The van der Waals surface area contributed by atoms with E-state index < -0.39 is 0 Å². The van der Waals surface area contributed by atoms with Gasteiger partial charge in [0.25, 0.3) is 0 Å². The zero-order valence-electron chi connectivity index (χ0n) is 6.48. The van der Waals surface area contributed by atoms with Crippen molar-refractivity contribution in [3.63, 3.8) is 0 Å². The van der Waals surface area contributed by atoms with Crippen LogP contribution in [0.4, 0.5) is 5.82 Å². The van der Waals surface area contributed by atoms with E-state index in [2.05, 4.69) is 37.5 Å². The van der Waals surface area contributed by atoms with Crippen LogP contribution in [0.5, 0.6) is 0 Å². The first kappa shape index (κ1) is 7.87. The molecular weight excluding hydrogens is 188 g/mol. The molecule has 2 aromatic heterocycles. The number of nitrogens with one attached hydrogen (secondary N) is 2. The fourth-order valence-electron chi connectivity index (χ4n) is 0.977. The van der Waals surface area contributed by atoms with Gasteiger partial charge < -0.3 is 16.0 Å². The maximum atomic E-state index is 5.31. The monoisotopic (exact) mass is 194 g/mol. The third-order valence-electron chi connectivity index (χ3n) is 1.46. The zero-order chi connectivity index (χ0) is 9.26. The summed E-state index contributed by atoms with van der Waals surface area (Å²) in [4.78, 5) is 14.7. The molecule has 2 aromatic rings. The number of thiocarbonyl (C=S) groups is 1. The highest BCUT2D eigenvalue weighted by Gasteiger charge is 2.04. The fraction of sp³-hybridized carbons (Fsp3) is 0. The number of rotatable bonds is 1. The lowest BCUT2D eigenvalue weighted by Gasteiger charge is -2.01. The molecule has 2 heterocycles. The first-order valence-electron chi connectivity index (χ1n) is 3.48. The van der Waals surface area contributed by atoms with Crippen molar-refractivity contribution in [1.29, 1.82) is 0 Å². The van der Waals surface area contributed by atoms with Gasteiger partial charge in [0.2, 0.25) is 0 Å². The van der Waals surface area contributed by atoms with Crippen molar-refractivity contribution >= 4 is 34.3 Å². The highest BCUT2D eigenvalue weighted by Crippen LogP contribution is 2.13. The van der Waals surface area contributed by atoms with Crippen molar-refractivity contribution in [3.05, 3.63) is 12.7 Å². The summed E-state index contributed by atoms with van der Waals surface area (Å²) in [6.07, 6.45) is 2.92. The van der Waals surface area contributed by atoms with Crippen molar-refractivity contribution in [3.8, 4) is 0 Å². The third-order valence-corrected chi connectivity index (χ3v) is 1.57. The van der Waals surface area contributed by atoms with Gasteiger partial charge in [0, 0.05) is 0 Å². The molecule has 0 aliphatic rings. The molecule has 0 radical (unpaired) electrons. The van der Waals surface area contributed by atoms with Crippen LogP contribution in [0.1, 0.15) is 0 Å². The molecule has 0 spiro atoms. The Labute approximate surface area is 78.6 Å². The molecule has 0 atom stereocenters. The topological polar surface area (TPSA) is 92.5 Å². The second-order valence-corrected chi connectivity index (χ2v) is 2.75. The molecule has 0 aliphatic heterocycles. The lowest BCUT2D eigenvalue weighted by Crippen LogP contribution is -2.19. The average molecular weight is 194 g/mol. The van der Waals surface area contributed by atoms with Crippen molar-refractivity contribution in [1.82, 2.24) is 19.9 Å². The maximum Gasteiger partial charge on any atom is 0.182 e. The summed E-state index contributed by atoms with van der Waals surface area (Å²) in [6, 6.07) is 0. The Kier molecular flexibility index (Phi) is 1.78. The van der Waals surface area contributed by atoms with Crippen LogP contribution in [0.25, 0.3) is 11.2 Å². The van der Waals surface area contributed by atoms with E-state index in [0.29, 0.717) is 17.0 Å². The molecule has 0 aliphatic carbocycles. The number of anilines is 1. The molecule has 0 unspecified atom stereocenters. The van der Waals surface area contributed by atoms with E-state index in [1.807, 2.05) is 0 Å². The summed E-state index contributed by atoms with van der Waals surface area (Å²) in [7, 11) is 0. The average Bonchev–Trinajstić information content (AvgIpc) is 2.51. The third kappa shape index (κ3) is 1.41. The van der Waals surface area contributed by atoms with Crippen molar-refractivity contribution < 1.29 is 0 Å². The number of imidazole rings is 1. The SMILES string of the molecule is NC(=S)Nc1ncnc2nc[nH]c12. The molecule has 0 aromatic carbocycles. The number of hydrogen-bond donors (Lipinski definition) is 3. The predicted molar refractivity (Wildman–Crippen MR) is 52.1 cm³/mol. The van der Waals surface area contributed by atoms with Crippen LogP contribution in [0.3, 0.4) is 0 Å². The Balaban J connectivity index is 2.54. The number of fused-ring (bicyclic) bond motifs is 1. The largest absolute Gasteiger partial charge is 0.376 e. The number of hydrogen-bond acceptors (Lipinski definition) is 4. The Bertz CT molecular complexity index is 449. The molecule has 6 nitrogen and oxygen atoms in total. The Morgan fingerprint density at radius 1 is 1.46 bits per heavy atom. The lowest BCUT2D eigenvalue weighted by molar-refractivity contribution is 1.20. The van der Waals surface area contributed by atoms with E-state index in [-0.39, 0.29) is 5.11 Å². The minimum Gasteiger partial charge on any atom is -0.376 e. The Morgan fingerprint density at radius 2 is 2.31 bits per heavy atom. The van der Waals surface area contributed by atoms with Crippen LogP contribution in [0.2, 0.25) is 0 Å². The van der Waals surface area contributed by atoms with Gasteiger partial charge in [-0.1, -0.05) is 0 Å². The minimum absolute atomic E-state index is 0.162. The summed E-state index contributed by atoms with van der Waals surface area (Å²) in [6.45, 7) is 0. The van der Waals surface area contributed by atoms with E-state index in [4.69, 9.17) is 5.73 Å². The van der Waals surface area contributed by atoms with E-state index in [9.17, 15) is 0 Å². The molecule has 0 bridgehead atoms. The van der Waals surface area contributed by atoms with Gasteiger partial charge in [0.1, 0.15) is 11.8 Å². The highest BCUT2D eigenvalue weighted by molar-refractivity contribution is 7.80. The molecule has 0 fully saturated rings. The zero-order valence-corrected chi connectivity index (χ0v) is 7.30. The Morgan fingerprint density at radius 3 is 3.08 bits per heavy atom. The predicted octanol–water partition coefficient (Wildman–Crippen LogP) is 0.00840. The first-order valence-corrected chi connectivity index (χ1v) is 3.89. The summed E-state index contributed by atoms with van der Waals surface area (Å²) in [5.74, 6) is 0.537. The van der Waals surface area contributed by atoms with Crippen LogP contribution < -0.4 is 11.1 Å². The van der Waals surface area contributed by atoms with Gasteiger partial charge in [-0.2, -0.15) is 0 Å². The second-order valence-electron chi connectivity index (χ2n) is 2.31. The summed E-state index contributed by atoms with van der Waals surface area (Å²) < 4.78 is 0. The Hall–Kier alpha value is -1.76. The van der Waals surface area contributed by atoms with Gasteiger partial charge in [-0.15, -0.1) is 0 Å². The first-order chi connectivity index (χ1) is 6.27. The van der Waals surface area contributed by atoms with Crippen LogP contribution in [0, 0.1) is 0 Å². The van der Waals surface area contributed by atoms with Gasteiger partial charge in [-0.3, -0.25) is 0 Å². The van der Waals surface area contributed by atoms with Gasteiger partial charge in [0.15, 0.2) is 16.6 Å². The summed E-state index contributed by atoms with van der Waals surface area (Å²) >= 11 is 4.69. The number of nitrogens with two attached hydrogens (primary N) is 1. The standard InChI is InChI=1S/C6H6N6S/c7-6(13)12-5-3-4(9-1-8-3)10-2-11-5/h1-2H,(H4,7,8,9,10,11,12,13). The molecule has 0 saturated carbocycles. The van der Waals surface area contributed by atoms with Gasteiger partial charge in [0.05, 0.1) is 6.33 Å². The number of aromatic nitrogens is 4. The molecular formula is C6H6N6S. The van der Waals surface area contributed by atoms with Gasteiger partial charge >= 0.3 is 0 Å². The fourth-order valence-corrected chi connectivity index (χ4v) is 1.07. The number of H-pyrrole nitrogens is 1. The highest BCUT2D eigenvalue weighted by atomic mass is 32.1. The van der Waals surface area contributed by atoms with E-state index in [0.717, 1.165) is 0 Å². The molecule has 13 heavy (non-hydrogen) atoms. The van der Waals surface area contributed by atoms with Crippen molar-refractivity contribution in [2.45, 2.75) is 0 Å². The van der Waals surface area contributed by atoms with Crippen molar-refractivity contribution in [2.75, 3.05) is 5.32 Å². The second kappa shape index (κ2) is 2.94. The molecule has 7 heteroatoms. The van der Waals surface area contributed by atoms with E-state index in [1.54, 1.807) is 0 Å². The molecule has 0 amide bonds. The van der Waals surface area contributed by atoms with Gasteiger partial charge in [-0.05, 0) is 12.2 Å². The molecule has 2 rings (SSSR count). The van der Waals surface area contributed by atoms with Crippen LogP contribution in [-0.2, 0) is 0 Å². The van der Waals surface area contributed by atoms with Crippen LogP contribution >= 0.6 is 12.2 Å². The smallest absolute Gasteiger partial charge is 0.182 e. The van der Waals surface area contributed by atoms with E-state index in [1.165, 1.54) is 12.7 Å². The molecule has 0 saturated heterocycles. The molecule has 4 N–H and O–H groups in total. The maximum absolute atomic E-state index is 5.31. The summed E-state index contributed by atoms with van der Waals surface area (Å²) in [5.41, 5.74) is 6.58. The van der Waals surface area contributed by atoms with Crippen molar-refractivity contribution in [2.24, 2.45) is 5.73 Å². The summed E-state index contributed by atoms with van der Waals surface area (Å²) in [5, 5.41) is 2.88. The number of aromatic amines is 1. The van der Waals surface area contributed by atoms with E-state index >= 15 is 0 Å². The van der Waals surface area contributed by atoms with Crippen LogP contribution in [0.15, 0.2) is 12.7 Å². The lowest BCUT2D eigenvalue weighted by atomic mass is 10.5.